The molecule has 0 atom stereocenters. The quantitative estimate of drug-likeness (QED) is 0.719. The number of rotatable bonds is 2. The fraction of sp³-hybridized carbons (Fsp3) is 0.167. The van der Waals surface area contributed by atoms with Gasteiger partial charge < -0.3 is 21.4 Å². The topological polar surface area (TPSA) is 95.8 Å². The lowest BCUT2D eigenvalue weighted by Gasteiger charge is -2.19. The number of anilines is 1. The normalized spacial score (nSPS) is 25.8. The highest BCUT2D eigenvalue weighted by atomic mass is 15.2. The largest absolute Gasteiger partial charge is 0.384 e. The highest BCUT2D eigenvalue weighted by Crippen LogP contribution is 2.21. The summed E-state index contributed by atoms with van der Waals surface area (Å²) in [5, 5.41) is 0. The maximum Gasteiger partial charge on any atom is 0.223 e. The maximum absolute atomic E-state index is 5.69. The number of aliphatic imine (C=N–C) groups is 2. The summed E-state index contributed by atoms with van der Waals surface area (Å²) in [6.45, 7) is 1.99. The lowest BCUT2D eigenvalue weighted by molar-refractivity contribution is 1.04. The molecule has 0 aromatic carbocycles. The number of aryl methyl sites for hydroxylation is 1. The van der Waals surface area contributed by atoms with Crippen LogP contribution in [-0.2, 0) is 0 Å². The molecule has 0 fully saturated rings. The van der Waals surface area contributed by atoms with Crippen LogP contribution in [0, 0.1) is 6.92 Å². The van der Waals surface area contributed by atoms with Gasteiger partial charge in [0.05, 0.1) is 5.69 Å². The molecule has 1 aromatic heterocycles. The fourth-order valence-corrected chi connectivity index (χ4v) is 1.70. The van der Waals surface area contributed by atoms with Gasteiger partial charge in [0.25, 0.3) is 0 Å². The molecule has 6 heteroatoms. The highest BCUT2D eigenvalue weighted by Gasteiger charge is 2.10. The van der Waals surface area contributed by atoms with Crippen LogP contribution in [0.4, 0.5) is 5.69 Å². The van der Waals surface area contributed by atoms with Gasteiger partial charge in [-0.25, -0.2) is 0 Å². The minimum absolute atomic E-state index is 0.142. The second kappa shape index (κ2) is 4.79. The molecule has 2 heterocycles. The van der Waals surface area contributed by atoms with Crippen molar-refractivity contribution >= 4 is 17.5 Å². The maximum atomic E-state index is 5.69. The Kier molecular flexibility index (Phi) is 3.18. The summed E-state index contributed by atoms with van der Waals surface area (Å²) < 4.78 is 0. The molecule has 1 aromatic rings. The zero-order chi connectivity index (χ0) is 13.1. The van der Waals surface area contributed by atoms with E-state index in [1.165, 1.54) is 0 Å². The predicted octanol–water partition coefficient (Wildman–Crippen LogP) is 0.842. The van der Waals surface area contributed by atoms with Crippen LogP contribution in [0.3, 0.4) is 0 Å². The van der Waals surface area contributed by atoms with Gasteiger partial charge >= 0.3 is 0 Å². The van der Waals surface area contributed by atoms with Crippen LogP contribution in [0.25, 0.3) is 0 Å². The van der Waals surface area contributed by atoms with Gasteiger partial charge in [0.2, 0.25) is 5.96 Å². The molecular formula is C12H16N6. The summed E-state index contributed by atoms with van der Waals surface area (Å²) >= 11 is 0. The molecule has 0 bridgehead atoms. The predicted molar refractivity (Wildman–Crippen MR) is 74.4 cm³/mol. The molecule has 1 aliphatic heterocycles. The number of H-pyrrole nitrogens is 1. The summed E-state index contributed by atoms with van der Waals surface area (Å²) in [6.07, 6.45) is 7.19. The van der Waals surface area contributed by atoms with E-state index in [9.17, 15) is 0 Å². The molecule has 0 spiro atoms. The van der Waals surface area contributed by atoms with Crippen molar-refractivity contribution < 1.29 is 0 Å². The molecule has 0 saturated carbocycles. The number of nitrogens with zero attached hydrogens (tertiary/aromatic N) is 3. The third-order valence-corrected chi connectivity index (χ3v) is 2.62. The molecule has 5 N–H and O–H groups in total. The van der Waals surface area contributed by atoms with Crippen LogP contribution in [0.2, 0.25) is 0 Å². The second-order valence-corrected chi connectivity index (χ2v) is 3.94. The Hall–Kier alpha value is -2.50. The summed E-state index contributed by atoms with van der Waals surface area (Å²) in [5.41, 5.74) is 13.4. The van der Waals surface area contributed by atoms with Gasteiger partial charge in [-0.15, -0.1) is 0 Å². The monoisotopic (exact) mass is 244 g/mol. The average molecular weight is 244 g/mol. The van der Waals surface area contributed by atoms with Crippen LogP contribution < -0.4 is 16.4 Å². The van der Waals surface area contributed by atoms with Crippen molar-refractivity contribution in [3.63, 3.8) is 0 Å². The van der Waals surface area contributed by atoms with Crippen molar-refractivity contribution in [3.05, 3.63) is 42.0 Å². The molecular weight excluding hydrogens is 228 g/mol. The summed E-state index contributed by atoms with van der Waals surface area (Å²) in [7, 11) is 1.92. The summed E-state index contributed by atoms with van der Waals surface area (Å²) in [6, 6.07) is 1.97. The first-order chi connectivity index (χ1) is 8.58. The number of hydrogen-bond acceptors (Lipinski definition) is 5. The number of allylic oxidation sites excluding steroid dienone is 2. The van der Waals surface area contributed by atoms with E-state index in [1.807, 2.05) is 37.2 Å². The Labute approximate surface area is 105 Å². The third kappa shape index (κ3) is 2.42. The molecule has 0 unspecified atom stereocenters. The number of aromatic nitrogens is 1. The van der Waals surface area contributed by atoms with E-state index >= 15 is 0 Å². The zero-order valence-corrected chi connectivity index (χ0v) is 10.4. The van der Waals surface area contributed by atoms with E-state index in [-0.39, 0.29) is 5.96 Å². The number of amidine groups is 1. The Morgan fingerprint density at radius 1 is 1.28 bits per heavy atom. The lowest BCUT2D eigenvalue weighted by Crippen LogP contribution is -2.22. The minimum atomic E-state index is 0.142. The highest BCUT2D eigenvalue weighted by molar-refractivity contribution is 6.01. The molecule has 0 amide bonds. The van der Waals surface area contributed by atoms with Crippen molar-refractivity contribution in [2.24, 2.45) is 21.5 Å². The van der Waals surface area contributed by atoms with Gasteiger partial charge in [0.1, 0.15) is 11.7 Å². The van der Waals surface area contributed by atoms with Crippen LogP contribution in [0.15, 0.2) is 46.3 Å². The van der Waals surface area contributed by atoms with Gasteiger partial charge in [0, 0.05) is 18.9 Å². The molecule has 0 saturated heterocycles. The van der Waals surface area contributed by atoms with E-state index in [1.54, 1.807) is 12.2 Å². The Morgan fingerprint density at radius 2 is 2.06 bits per heavy atom. The van der Waals surface area contributed by atoms with Crippen LogP contribution in [0.1, 0.15) is 5.69 Å². The van der Waals surface area contributed by atoms with E-state index in [0.717, 1.165) is 11.4 Å². The van der Waals surface area contributed by atoms with Crippen LogP contribution in [0.5, 0.6) is 0 Å². The molecule has 94 valence electrons. The van der Waals surface area contributed by atoms with Gasteiger partial charge in [-0.3, -0.25) is 0 Å². The first-order valence-electron chi connectivity index (χ1n) is 5.52. The number of nitrogens with two attached hydrogens (primary N) is 2. The zero-order valence-electron chi connectivity index (χ0n) is 10.4. The standard InChI is InChI=1S/C12H16N6/c1-8-9(6-7-15-8)18(2)11-5-3-4-10(13)16-12(14)17-11/h3-7,15H,1-2H3,(H4,13,14,16,17). The fourth-order valence-electron chi connectivity index (χ4n) is 1.70. The molecule has 2 rings (SSSR count). The molecule has 0 aliphatic carbocycles. The van der Waals surface area contributed by atoms with Crippen molar-refractivity contribution in [2.75, 3.05) is 11.9 Å². The Balaban J connectivity index is 2.34. The molecule has 6 nitrogen and oxygen atoms in total. The molecule has 0 radical (unpaired) electrons. The first-order valence-corrected chi connectivity index (χ1v) is 5.52. The van der Waals surface area contributed by atoms with Crippen LogP contribution in [-0.4, -0.2) is 23.8 Å². The third-order valence-electron chi connectivity index (χ3n) is 2.62. The number of guanidine groups is 1. The Bertz CT molecular complexity index is 561. The minimum Gasteiger partial charge on any atom is -0.384 e. The number of hydrogen-bond donors (Lipinski definition) is 3. The smallest absolute Gasteiger partial charge is 0.223 e. The van der Waals surface area contributed by atoms with Gasteiger partial charge in [-0.2, -0.15) is 9.98 Å². The summed E-state index contributed by atoms with van der Waals surface area (Å²) in [5.74, 6) is 1.18. The van der Waals surface area contributed by atoms with E-state index in [2.05, 4.69) is 15.0 Å². The van der Waals surface area contributed by atoms with Crippen molar-refractivity contribution in [1.82, 2.24) is 4.98 Å². The van der Waals surface area contributed by atoms with Gasteiger partial charge in [-0.1, -0.05) is 6.08 Å². The molecule has 18 heavy (non-hydrogen) atoms. The number of nitrogens with one attached hydrogen (secondary N) is 1. The summed E-state index contributed by atoms with van der Waals surface area (Å²) in [4.78, 5) is 13.2. The van der Waals surface area contributed by atoms with Crippen LogP contribution >= 0.6 is 0 Å². The SMILES string of the molecule is Cc1[nH]ccc1N(C)C1=C\C=C\C(N)=N/C(N)=N\1. The second-order valence-electron chi connectivity index (χ2n) is 3.94. The van der Waals surface area contributed by atoms with Gasteiger partial charge in [-0.05, 0) is 25.1 Å². The van der Waals surface area contributed by atoms with E-state index < -0.39 is 0 Å². The van der Waals surface area contributed by atoms with Crippen molar-refractivity contribution in [1.29, 1.82) is 0 Å². The van der Waals surface area contributed by atoms with Crippen molar-refractivity contribution in [2.45, 2.75) is 6.92 Å². The van der Waals surface area contributed by atoms with E-state index in [4.69, 9.17) is 11.5 Å². The average Bonchev–Trinajstić information content (AvgIpc) is 2.70. The Morgan fingerprint density at radius 3 is 2.72 bits per heavy atom. The number of aromatic amines is 1. The molecule has 1 aliphatic rings. The van der Waals surface area contributed by atoms with Crippen molar-refractivity contribution in [3.8, 4) is 0 Å². The van der Waals surface area contributed by atoms with E-state index in [0.29, 0.717) is 11.7 Å². The van der Waals surface area contributed by atoms with Gasteiger partial charge in [0.15, 0.2) is 0 Å². The lowest BCUT2D eigenvalue weighted by atomic mass is 10.3. The first kappa shape index (κ1) is 12.0.